The molecule has 0 bridgehead atoms. The van der Waals surface area contributed by atoms with Crippen molar-refractivity contribution < 1.29 is 4.79 Å². The smallest absolute Gasteiger partial charge is 0.224 e. The monoisotopic (exact) mass is 266 g/mol. The maximum absolute atomic E-state index is 11.7. The molecule has 2 radical (unpaired) electrons. The Morgan fingerprint density at radius 3 is 2.80 bits per heavy atom. The summed E-state index contributed by atoms with van der Waals surface area (Å²) in [6.07, 6.45) is 5.66. The lowest BCUT2D eigenvalue weighted by molar-refractivity contribution is -0.116. The third kappa shape index (κ3) is 3.22. The molecule has 1 aliphatic carbocycles. The summed E-state index contributed by atoms with van der Waals surface area (Å²) in [5.41, 5.74) is 1.43. The minimum absolute atomic E-state index is 0.0231. The number of carbonyl (C=O) groups excluding carboxylic acids is 1. The Balaban J connectivity index is 2.12. The number of rotatable bonds is 5. The van der Waals surface area contributed by atoms with E-state index in [1.807, 2.05) is 24.3 Å². The van der Waals surface area contributed by atoms with Gasteiger partial charge in [0, 0.05) is 12.1 Å². The molecule has 0 aliphatic heterocycles. The first-order chi connectivity index (χ1) is 9.70. The van der Waals surface area contributed by atoms with Gasteiger partial charge in [-0.1, -0.05) is 37.7 Å². The van der Waals surface area contributed by atoms with E-state index in [4.69, 9.17) is 7.85 Å². The van der Waals surface area contributed by atoms with Crippen LogP contribution in [0.25, 0.3) is 0 Å². The van der Waals surface area contributed by atoms with Crippen LogP contribution >= 0.6 is 0 Å². The van der Waals surface area contributed by atoms with Gasteiger partial charge in [0.2, 0.25) is 5.91 Å². The van der Waals surface area contributed by atoms with Crippen molar-refractivity contribution in [3.63, 3.8) is 0 Å². The summed E-state index contributed by atoms with van der Waals surface area (Å²) in [4.78, 5) is 11.7. The first-order valence-corrected chi connectivity index (χ1v) is 7.22. The van der Waals surface area contributed by atoms with Gasteiger partial charge in [-0.2, -0.15) is 5.26 Å². The second-order valence-electron chi connectivity index (χ2n) is 5.42. The van der Waals surface area contributed by atoms with Crippen molar-refractivity contribution >= 4 is 19.4 Å². The van der Waals surface area contributed by atoms with Crippen LogP contribution in [0.2, 0.25) is 6.32 Å². The van der Waals surface area contributed by atoms with Gasteiger partial charge in [0.15, 0.2) is 0 Å². The molecule has 1 N–H and O–H groups in total. The number of anilines is 1. The molecular formula is C16H19BN2O. The van der Waals surface area contributed by atoms with Crippen LogP contribution in [0, 0.1) is 11.3 Å². The third-order valence-electron chi connectivity index (χ3n) is 3.98. The highest BCUT2D eigenvalue weighted by Crippen LogP contribution is 2.41. The Morgan fingerprint density at radius 1 is 1.40 bits per heavy atom. The summed E-state index contributed by atoms with van der Waals surface area (Å²) in [5.74, 6) is -0.0231. The zero-order chi connectivity index (χ0) is 14.4. The van der Waals surface area contributed by atoms with Gasteiger partial charge in [-0.25, -0.2) is 0 Å². The molecule has 0 atom stereocenters. The topological polar surface area (TPSA) is 52.9 Å². The van der Waals surface area contributed by atoms with Crippen LogP contribution in [0.4, 0.5) is 5.69 Å². The van der Waals surface area contributed by atoms with Crippen LogP contribution in [0.5, 0.6) is 0 Å². The molecule has 1 aromatic rings. The summed E-state index contributed by atoms with van der Waals surface area (Å²) in [6, 6.07) is 10.2. The Labute approximate surface area is 121 Å². The molecule has 1 aliphatic rings. The highest BCUT2D eigenvalue weighted by molar-refractivity contribution is 6.08. The van der Waals surface area contributed by atoms with E-state index in [1.54, 1.807) is 0 Å². The molecule has 1 fully saturated rings. The van der Waals surface area contributed by atoms with Gasteiger partial charge < -0.3 is 5.32 Å². The van der Waals surface area contributed by atoms with E-state index >= 15 is 0 Å². The van der Waals surface area contributed by atoms with Crippen molar-refractivity contribution in [1.82, 2.24) is 0 Å². The van der Waals surface area contributed by atoms with Gasteiger partial charge in [0.05, 0.1) is 19.3 Å². The van der Waals surface area contributed by atoms with Crippen LogP contribution in [0.1, 0.15) is 44.1 Å². The third-order valence-corrected chi connectivity index (χ3v) is 3.98. The Bertz CT molecular complexity index is 515. The molecule has 3 nitrogen and oxygen atoms in total. The SMILES string of the molecule is [B]CCCC(=O)Nc1cccc(C2(C#N)CCCC2)c1. The van der Waals surface area contributed by atoms with Crippen molar-refractivity contribution in [1.29, 1.82) is 5.26 Å². The Kier molecular flexibility index (Phi) is 4.84. The van der Waals surface area contributed by atoms with Crippen LogP contribution in [0.3, 0.4) is 0 Å². The zero-order valence-electron chi connectivity index (χ0n) is 11.7. The molecule has 4 heteroatoms. The second kappa shape index (κ2) is 6.61. The van der Waals surface area contributed by atoms with E-state index in [0.717, 1.165) is 36.9 Å². The fourth-order valence-electron chi connectivity index (χ4n) is 2.82. The molecule has 1 amide bonds. The normalized spacial score (nSPS) is 16.6. The molecule has 0 unspecified atom stereocenters. The predicted octanol–water partition coefficient (Wildman–Crippen LogP) is 3.33. The van der Waals surface area contributed by atoms with Crippen molar-refractivity contribution in [3.05, 3.63) is 29.8 Å². The first-order valence-electron chi connectivity index (χ1n) is 7.22. The van der Waals surface area contributed by atoms with E-state index in [9.17, 15) is 10.1 Å². The van der Waals surface area contributed by atoms with Crippen molar-refractivity contribution in [2.24, 2.45) is 0 Å². The van der Waals surface area contributed by atoms with Crippen molar-refractivity contribution in [2.45, 2.75) is 50.3 Å². The molecule has 20 heavy (non-hydrogen) atoms. The van der Waals surface area contributed by atoms with E-state index in [0.29, 0.717) is 19.2 Å². The minimum atomic E-state index is -0.363. The Hall–Kier alpha value is -1.76. The van der Waals surface area contributed by atoms with Gasteiger partial charge in [-0.15, -0.1) is 0 Å². The average molecular weight is 266 g/mol. The Morgan fingerprint density at radius 2 is 2.15 bits per heavy atom. The quantitative estimate of drug-likeness (QED) is 0.831. The molecule has 0 saturated heterocycles. The fraction of sp³-hybridized carbons (Fsp3) is 0.500. The molecule has 102 valence electrons. The van der Waals surface area contributed by atoms with Crippen LogP contribution in [0.15, 0.2) is 24.3 Å². The van der Waals surface area contributed by atoms with Crippen LogP contribution in [-0.4, -0.2) is 13.8 Å². The molecule has 0 aromatic heterocycles. The maximum Gasteiger partial charge on any atom is 0.224 e. The number of carbonyl (C=O) groups is 1. The molecule has 1 saturated carbocycles. The molecule has 2 rings (SSSR count). The lowest BCUT2D eigenvalue weighted by Gasteiger charge is -2.21. The lowest BCUT2D eigenvalue weighted by Crippen LogP contribution is -2.20. The summed E-state index contributed by atoms with van der Waals surface area (Å²) >= 11 is 0. The van der Waals surface area contributed by atoms with Crippen LogP contribution in [-0.2, 0) is 10.2 Å². The van der Waals surface area contributed by atoms with Crippen molar-refractivity contribution in [3.8, 4) is 6.07 Å². The summed E-state index contributed by atoms with van der Waals surface area (Å²) in [7, 11) is 5.40. The summed E-state index contributed by atoms with van der Waals surface area (Å²) < 4.78 is 0. The van der Waals surface area contributed by atoms with Crippen molar-refractivity contribution in [2.75, 3.05) is 5.32 Å². The zero-order valence-corrected chi connectivity index (χ0v) is 11.7. The number of hydrogen-bond donors (Lipinski definition) is 1. The molecule has 0 heterocycles. The first kappa shape index (κ1) is 14.6. The number of amides is 1. The molecule has 1 aromatic carbocycles. The molecule has 0 spiro atoms. The van der Waals surface area contributed by atoms with Gasteiger partial charge in [0.1, 0.15) is 0 Å². The number of nitriles is 1. The number of nitrogens with one attached hydrogen (secondary N) is 1. The average Bonchev–Trinajstić information content (AvgIpc) is 2.95. The van der Waals surface area contributed by atoms with Crippen LogP contribution < -0.4 is 5.32 Å². The van der Waals surface area contributed by atoms with E-state index < -0.39 is 0 Å². The largest absolute Gasteiger partial charge is 0.326 e. The predicted molar refractivity (Wildman–Crippen MR) is 80.6 cm³/mol. The lowest BCUT2D eigenvalue weighted by atomic mass is 9.80. The highest BCUT2D eigenvalue weighted by atomic mass is 16.1. The fourth-order valence-corrected chi connectivity index (χ4v) is 2.82. The second-order valence-corrected chi connectivity index (χ2v) is 5.42. The summed E-state index contributed by atoms with van der Waals surface area (Å²) in [5, 5.41) is 12.4. The molecular weight excluding hydrogens is 247 g/mol. The number of hydrogen-bond acceptors (Lipinski definition) is 2. The standard InChI is InChI=1S/C16H19BN2O/c17-10-4-7-15(20)19-14-6-3-5-13(11-14)16(12-18)8-1-2-9-16/h3,5-6,11H,1-2,4,7-10H2,(H,19,20). The summed E-state index contributed by atoms with van der Waals surface area (Å²) in [6.45, 7) is 0. The number of benzene rings is 1. The number of nitrogens with zero attached hydrogens (tertiary/aromatic N) is 1. The van der Waals surface area contributed by atoms with Gasteiger partial charge >= 0.3 is 0 Å². The van der Waals surface area contributed by atoms with E-state index in [-0.39, 0.29) is 11.3 Å². The minimum Gasteiger partial charge on any atom is -0.326 e. The van der Waals surface area contributed by atoms with E-state index in [1.165, 1.54) is 0 Å². The van der Waals surface area contributed by atoms with Gasteiger partial charge in [-0.05, 0) is 30.5 Å². The maximum atomic E-state index is 11.7. The van der Waals surface area contributed by atoms with E-state index in [2.05, 4.69) is 11.4 Å². The van der Waals surface area contributed by atoms with Gasteiger partial charge in [0.25, 0.3) is 0 Å². The highest BCUT2D eigenvalue weighted by Gasteiger charge is 2.35. The van der Waals surface area contributed by atoms with Gasteiger partial charge in [-0.3, -0.25) is 4.79 Å².